The highest BCUT2D eigenvalue weighted by molar-refractivity contribution is 6.16. The van der Waals surface area contributed by atoms with Crippen LogP contribution in [-0.4, -0.2) is 13.3 Å². The van der Waals surface area contributed by atoms with Gasteiger partial charge in [-0.2, -0.15) is 0 Å². The first kappa shape index (κ1) is 8.82. The minimum Gasteiger partial charge on any atom is -0.412 e. The third-order valence-electron chi connectivity index (χ3n) is 0.204. The number of rotatable bonds is 0. The van der Waals surface area contributed by atoms with Crippen molar-refractivity contribution in [3.63, 3.8) is 0 Å². The summed E-state index contributed by atoms with van der Waals surface area (Å²) in [6, 6.07) is 0. The molecule has 0 aliphatic heterocycles. The third kappa shape index (κ3) is 28.5. The Kier molecular flexibility index (Phi) is 17.0. The smallest absolute Gasteiger partial charge is 0.139 e. The maximum atomic E-state index is 3.30. The number of hydrogen-bond acceptors (Lipinski definition) is 0. The van der Waals surface area contributed by atoms with Crippen molar-refractivity contribution in [1.82, 2.24) is 0 Å². The van der Waals surface area contributed by atoms with Crippen LogP contribution in [0.1, 0.15) is 0 Å². The van der Waals surface area contributed by atoms with Gasteiger partial charge >= 0.3 is 0 Å². The van der Waals surface area contributed by atoms with Crippen LogP contribution < -0.4 is 0 Å². The summed E-state index contributed by atoms with van der Waals surface area (Å²) in [6.07, 6.45) is 0. The van der Waals surface area contributed by atoms with Crippen LogP contribution in [-0.2, 0) is 0 Å². The van der Waals surface area contributed by atoms with Crippen LogP contribution in [0, 0.1) is 0 Å². The van der Waals surface area contributed by atoms with Crippen LogP contribution in [0.15, 0.2) is 18.3 Å². The van der Waals surface area contributed by atoms with Crippen molar-refractivity contribution in [2.24, 2.45) is 0 Å². The molecule has 0 rings (SSSR count). The summed E-state index contributed by atoms with van der Waals surface area (Å²) in [7, 11) is 1.88. The average molecular weight is 69.9 g/mol. The quantitative estimate of drug-likeness (QED) is 0.261. The molecule has 0 aliphatic carbocycles. The van der Waals surface area contributed by atoms with Crippen molar-refractivity contribution in [1.29, 1.82) is 0 Å². The molecule has 28 valence electrons. The Morgan fingerprint density at radius 3 is 2.00 bits per heavy atom. The molecule has 0 aliphatic rings. The van der Waals surface area contributed by atoms with Gasteiger partial charge in [0.05, 0.1) is 0 Å². The predicted octanol–water partition coefficient (Wildman–Crippen LogP) is -0.907. The zero-order valence-electron chi connectivity index (χ0n) is 3.28. The Labute approximate surface area is 32.7 Å². The van der Waals surface area contributed by atoms with Crippen molar-refractivity contribution < 1.29 is 5.48 Å². The predicted molar refractivity (Wildman–Crippen MR) is 25.9 cm³/mol. The van der Waals surface area contributed by atoms with E-state index in [9.17, 15) is 0 Å². The summed E-state index contributed by atoms with van der Waals surface area (Å²) in [5.74, 6) is 1.76. The lowest BCUT2D eigenvalue weighted by Crippen LogP contribution is -1.33. The summed E-state index contributed by atoms with van der Waals surface area (Å²) in [5.41, 5.74) is 2.56. The summed E-state index contributed by atoms with van der Waals surface area (Å²) in [4.78, 5) is 0. The zero-order valence-corrected chi connectivity index (χ0v) is 3.28. The number of hydrogen-bond donors (Lipinski definition) is 0. The first-order valence-electron chi connectivity index (χ1n) is 1.22. The van der Waals surface area contributed by atoms with E-state index in [0.717, 1.165) is 0 Å². The van der Waals surface area contributed by atoms with E-state index in [1.165, 1.54) is 0 Å². The summed E-state index contributed by atoms with van der Waals surface area (Å²) < 4.78 is 0. The van der Waals surface area contributed by atoms with E-state index in [-0.39, 0.29) is 5.48 Å². The molecule has 0 saturated carbocycles. The average Bonchev–Trinajstić information content (AvgIpc) is 1.37. The molecule has 1 nitrogen and oxygen atoms in total. The van der Waals surface area contributed by atoms with Crippen molar-refractivity contribution >= 4 is 7.85 Å². The van der Waals surface area contributed by atoms with Gasteiger partial charge in [-0.3, -0.25) is 0 Å². The minimum absolute atomic E-state index is 0. The van der Waals surface area contributed by atoms with Crippen molar-refractivity contribution in [3.8, 4) is 0 Å². The molecule has 2 heteroatoms. The van der Waals surface area contributed by atoms with Gasteiger partial charge < -0.3 is 5.48 Å². The minimum atomic E-state index is 0. The van der Waals surface area contributed by atoms with Gasteiger partial charge in [0, 0.05) is 0 Å². The molecule has 5 heavy (non-hydrogen) atoms. The van der Waals surface area contributed by atoms with Gasteiger partial charge in [0.25, 0.3) is 0 Å². The molecule has 0 saturated heterocycles. The molecular formula is C3H7BO. The molecule has 0 aromatic carbocycles. The Hall–Kier alpha value is -0.455. The molecule has 0 fully saturated rings. The Morgan fingerprint density at radius 2 is 2.00 bits per heavy atom. The van der Waals surface area contributed by atoms with Crippen molar-refractivity contribution in [3.05, 3.63) is 18.3 Å². The third-order valence-corrected chi connectivity index (χ3v) is 0.204. The largest absolute Gasteiger partial charge is 0.412 e. The SMILES string of the molecule is BC=C=C.O. The maximum Gasteiger partial charge on any atom is 0.139 e. The molecule has 0 aromatic rings. The van der Waals surface area contributed by atoms with Crippen molar-refractivity contribution in [2.75, 3.05) is 0 Å². The van der Waals surface area contributed by atoms with E-state index in [2.05, 4.69) is 12.3 Å². The lowest BCUT2D eigenvalue weighted by Gasteiger charge is -1.36. The van der Waals surface area contributed by atoms with Crippen LogP contribution in [0.25, 0.3) is 0 Å². The second kappa shape index (κ2) is 9.62. The second-order valence-corrected chi connectivity index (χ2v) is 0.493. The molecule has 0 bridgehead atoms. The summed E-state index contributed by atoms with van der Waals surface area (Å²) in [5, 5.41) is 0. The lowest BCUT2D eigenvalue weighted by atomic mass is 10.2. The van der Waals surface area contributed by atoms with Crippen LogP contribution in [0.4, 0.5) is 0 Å². The molecule has 0 atom stereocenters. The van der Waals surface area contributed by atoms with E-state index in [0.29, 0.717) is 0 Å². The van der Waals surface area contributed by atoms with Gasteiger partial charge in [0.15, 0.2) is 0 Å². The Morgan fingerprint density at radius 1 is 1.80 bits per heavy atom. The van der Waals surface area contributed by atoms with E-state index in [1.807, 2.05) is 7.85 Å². The topological polar surface area (TPSA) is 31.5 Å². The second-order valence-electron chi connectivity index (χ2n) is 0.493. The first-order valence-corrected chi connectivity index (χ1v) is 1.22. The molecule has 0 radical (unpaired) electrons. The van der Waals surface area contributed by atoms with Gasteiger partial charge in [-0.05, 0) is 0 Å². The van der Waals surface area contributed by atoms with Gasteiger partial charge in [0.1, 0.15) is 7.85 Å². The van der Waals surface area contributed by atoms with Crippen LogP contribution >= 0.6 is 0 Å². The highest BCUT2D eigenvalue weighted by Gasteiger charge is 1.28. The van der Waals surface area contributed by atoms with Gasteiger partial charge in [0.2, 0.25) is 0 Å². The summed E-state index contributed by atoms with van der Waals surface area (Å²) >= 11 is 0. The molecule has 0 spiro atoms. The standard InChI is InChI=1S/C3H5B.H2O/c1-2-3-4;/h3H,1,4H2;1H2. The van der Waals surface area contributed by atoms with E-state index >= 15 is 0 Å². The monoisotopic (exact) mass is 70.1 g/mol. The maximum absolute atomic E-state index is 3.30. The van der Waals surface area contributed by atoms with E-state index < -0.39 is 0 Å². The molecule has 0 aromatic heterocycles. The molecule has 0 heterocycles. The molecule has 0 unspecified atom stereocenters. The summed E-state index contributed by atoms with van der Waals surface area (Å²) in [6.45, 7) is 3.30. The molecule has 2 N–H and O–H groups in total. The highest BCUT2D eigenvalue weighted by atomic mass is 16.0. The first-order chi connectivity index (χ1) is 1.91. The highest BCUT2D eigenvalue weighted by Crippen LogP contribution is 1.36. The van der Waals surface area contributed by atoms with Crippen LogP contribution in [0.3, 0.4) is 0 Å². The zero-order chi connectivity index (χ0) is 3.41. The fraction of sp³-hybridized carbons (Fsp3) is 0. The Bertz CT molecular complexity index is 44.9. The van der Waals surface area contributed by atoms with Crippen LogP contribution in [0.2, 0.25) is 0 Å². The van der Waals surface area contributed by atoms with Gasteiger partial charge in [-0.15, -0.1) is 5.73 Å². The fourth-order valence-corrected chi connectivity index (χ4v) is 0. The lowest BCUT2D eigenvalue weighted by molar-refractivity contribution is 0.824. The molecular weight excluding hydrogens is 62.8 g/mol. The Balaban J connectivity index is 0. The normalized spacial score (nSPS) is 3.20. The van der Waals surface area contributed by atoms with E-state index in [1.54, 1.807) is 5.98 Å². The fourth-order valence-electron chi connectivity index (χ4n) is 0. The van der Waals surface area contributed by atoms with Gasteiger partial charge in [-0.25, -0.2) is 0 Å². The van der Waals surface area contributed by atoms with E-state index in [4.69, 9.17) is 0 Å². The van der Waals surface area contributed by atoms with Gasteiger partial charge in [-0.1, -0.05) is 12.6 Å². The van der Waals surface area contributed by atoms with Crippen LogP contribution in [0.5, 0.6) is 0 Å². The molecule has 0 amide bonds. The van der Waals surface area contributed by atoms with Crippen molar-refractivity contribution in [2.45, 2.75) is 0 Å².